The molecule has 0 N–H and O–H groups in total. The van der Waals surface area contributed by atoms with Gasteiger partial charge in [-0.1, -0.05) is 88.4 Å². The van der Waals surface area contributed by atoms with Crippen molar-refractivity contribution in [2.45, 2.75) is 40.1 Å². The van der Waals surface area contributed by atoms with Gasteiger partial charge < -0.3 is 4.74 Å². The van der Waals surface area contributed by atoms with Gasteiger partial charge in [-0.05, 0) is 17.9 Å². The second-order valence-electron chi connectivity index (χ2n) is 6.53. The number of benzene rings is 3. The molecule has 140 valence electrons. The third-order valence-corrected chi connectivity index (χ3v) is 4.78. The summed E-state index contributed by atoms with van der Waals surface area (Å²) in [5, 5.41) is 1.84. The standard InChI is InChI=1S/C21H13BO2.2C2H6/c1-21(22)11-10-16-17-12-6-2-4-8-14(12)19(23)18(17)13-7-3-5-9-15(13)20(16)24-21;2*1-2/h2-11H,1H3;2*1-2H3. The predicted octanol–water partition coefficient (Wildman–Crippen LogP) is 6.39. The van der Waals surface area contributed by atoms with Crippen LogP contribution in [0.15, 0.2) is 54.6 Å². The Bertz CT molecular complexity index is 1080. The number of ketones is 1. The maximum absolute atomic E-state index is 13.0. The number of fused-ring (bicyclic) bond motifs is 8. The molecule has 28 heavy (non-hydrogen) atoms. The van der Waals surface area contributed by atoms with E-state index in [1.54, 1.807) is 0 Å². The molecule has 1 aliphatic heterocycles. The van der Waals surface area contributed by atoms with E-state index in [2.05, 4.69) is 0 Å². The molecule has 3 aromatic rings. The van der Waals surface area contributed by atoms with Crippen LogP contribution in [0.4, 0.5) is 0 Å². The van der Waals surface area contributed by atoms with E-state index in [-0.39, 0.29) is 5.78 Å². The highest BCUT2D eigenvalue weighted by Gasteiger charge is 2.35. The van der Waals surface area contributed by atoms with E-state index < -0.39 is 5.50 Å². The van der Waals surface area contributed by atoms with Crippen molar-refractivity contribution >= 4 is 30.5 Å². The van der Waals surface area contributed by atoms with Gasteiger partial charge in [0.05, 0.1) is 5.50 Å². The third kappa shape index (κ3) is 2.95. The first-order valence-electron chi connectivity index (χ1n) is 9.97. The number of rotatable bonds is 0. The van der Waals surface area contributed by atoms with Crippen LogP contribution in [0.2, 0.25) is 0 Å². The number of hydrogen-bond acceptors (Lipinski definition) is 2. The van der Waals surface area contributed by atoms with Crippen molar-refractivity contribution in [3.63, 3.8) is 0 Å². The Kier molecular flexibility index (Phi) is 5.46. The average Bonchev–Trinajstić information content (AvgIpc) is 3.04. The second-order valence-corrected chi connectivity index (χ2v) is 6.53. The lowest BCUT2D eigenvalue weighted by molar-refractivity contribution is 0.104. The highest BCUT2D eigenvalue weighted by molar-refractivity contribution is 6.29. The Morgan fingerprint density at radius 3 is 2.07 bits per heavy atom. The Labute approximate surface area is 168 Å². The van der Waals surface area contributed by atoms with E-state index in [0.717, 1.165) is 44.3 Å². The first kappa shape index (κ1) is 19.9. The van der Waals surface area contributed by atoms with E-state index in [1.807, 2.05) is 95.3 Å². The van der Waals surface area contributed by atoms with Crippen LogP contribution >= 0.6 is 0 Å². The summed E-state index contributed by atoms with van der Waals surface area (Å²) in [4.78, 5) is 13.0. The number of hydrogen-bond donors (Lipinski definition) is 0. The molecule has 2 nitrogen and oxygen atoms in total. The topological polar surface area (TPSA) is 26.3 Å². The molecule has 1 atom stereocenters. The minimum atomic E-state index is -0.855. The van der Waals surface area contributed by atoms with E-state index >= 15 is 0 Å². The lowest BCUT2D eigenvalue weighted by atomic mass is 9.79. The largest absolute Gasteiger partial charge is 0.492 e. The van der Waals surface area contributed by atoms with Crippen LogP contribution in [0, 0.1) is 0 Å². The summed E-state index contributed by atoms with van der Waals surface area (Å²) in [6, 6.07) is 15.6. The zero-order chi connectivity index (χ0) is 20.5. The molecule has 2 aliphatic rings. The third-order valence-electron chi connectivity index (χ3n) is 4.78. The van der Waals surface area contributed by atoms with Crippen LogP contribution in [0.1, 0.15) is 56.1 Å². The Morgan fingerprint density at radius 2 is 1.39 bits per heavy atom. The molecule has 3 heteroatoms. The van der Waals surface area contributed by atoms with Gasteiger partial charge >= 0.3 is 0 Å². The summed E-state index contributed by atoms with van der Waals surface area (Å²) in [5.41, 5.74) is 3.51. The summed E-state index contributed by atoms with van der Waals surface area (Å²) in [7, 11) is 6.17. The zero-order valence-corrected chi connectivity index (χ0v) is 17.2. The minimum absolute atomic E-state index is 0.0779. The molecule has 3 aromatic carbocycles. The zero-order valence-electron chi connectivity index (χ0n) is 17.2. The van der Waals surface area contributed by atoms with E-state index in [4.69, 9.17) is 12.6 Å². The smallest absolute Gasteiger partial charge is 0.194 e. The molecule has 0 spiro atoms. The van der Waals surface area contributed by atoms with Gasteiger partial charge in [0.25, 0.3) is 0 Å². The van der Waals surface area contributed by atoms with Gasteiger partial charge in [-0.2, -0.15) is 0 Å². The van der Waals surface area contributed by atoms with Crippen molar-refractivity contribution in [3.05, 3.63) is 71.3 Å². The molecule has 0 bridgehead atoms. The van der Waals surface area contributed by atoms with E-state index in [1.165, 1.54) is 0 Å². The fraction of sp³-hybridized carbons (Fsp3) is 0.240. The molecule has 1 heterocycles. The lowest BCUT2D eigenvalue weighted by Gasteiger charge is -2.31. The molecule has 0 saturated carbocycles. The van der Waals surface area contributed by atoms with Crippen molar-refractivity contribution in [3.8, 4) is 16.9 Å². The van der Waals surface area contributed by atoms with Gasteiger partial charge in [0.1, 0.15) is 13.6 Å². The summed E-state index contributed by atoms with van der Waals surface area (Å²) < 4.78 is 6.09. The second kappa shape index (κ2) is 7.67. The van der Waals surface area contributed by atoms with E-state index in [9.17, 15) is 4.79 Å². The Morgan fingerprint density at radius 1 is 0.821 bits per heavy atom. The first-order chi connectivity index (χ1) is 13.6. The highest BCUT2D eigenvalue weighted by Crippen LogP contribution is 2.49. The van der Waals surface area contributed by atoms with Crippen molar-refractivity contribution in [2.75, 3.05) is 0 Å². The van der Waals surface area contributed by atoms with Crippen LogP contribution in [0.25, 0.3) is 28.0 Å². The van der Waals surface area contributed by atoms with Crippen LogP contribution in [0.3, 0.4) is 0 Å². The summed E-state index contributed by atoms with van der Waals surface area (Å²) in [6.07, 6.45) is 3.83. The number of carbonyl (C=O) groups is 1. The molecular formula is C25H25BO2. The fourth-order valence-electron chi connectivity index (χ4n) is 3.75. The minimum Gasteiger partial charge on any atom is -0.492 e. The highest BCUT2D eigenvalue weighted by atomic mass is 16.5. The molecule has 0 saturated heterocycles. The SMILES string of the molecule is CC.CC.[B]C1(C)C=Cc2c3c(c4ccccc4c2O1)C(=O)c1ccccc1-3. The normalized spacial score (nSPS) is 18.0. The average molecular weight is 368 g/mol. The molecule has 0 fully saturated rings. The van der Waals surface area contributed by atoms with Gasteiger partial charge in [0, 0.05) is 27.6 Å². The van der Waals surface area contributed by atoms with Crippen molar-refractivity contribution in [1.29, 1.82) is 0 Å². The number of ether oxygens (including phenoxy) is 1. The molecule has 0 aromatic heterocycles. The van der Waals surface area contributed by atoms with Gasteiger partial charge in [0.15, 0.2) is 5.78 Å². The van der Waals surface area contributed by atoms with Gasteiger partial charge in [0.2, 0.25) is 0 Å². The van der Waals surface area contributed by atoms with Gasteiger partial charge in [-0.15, -0.1) is 0 Å². The summed E-state index contributed by atoms with van der Waals surface area (Å²) >= 11 is 0. The van der Waals surface area contributed by atoms with Crippen LogP contribution < -0.4 is 4.74 Å². The van der Waals surface area contributed by atoms with Crippen molar-refractivity contribution in [2.24, 2.45) is 0 Å². The monoisotopic (exact) mass is 368 g/mol. The maximum atomic E-state index is 13.0. The molecule has 1 aliphatic carbocycles. The van der Waals surface area contributed by atoms with Crippen molar-refractivity contribution in [1.82, 2.24) is 0 Å². The van der Waals surface area contributed by atoms with Gasteiger partial charge in [-0.3, -0.25) is 4.79 Å². The van der Waals surface area contributed by atoms with Gasteiger partial charge in [-0.25, -0.2) is 0 Å². The Hall–Kier alpha value is -2.81. The van der Waals surface area contributed by atoms with Crippen LogP contribution in [-0.4, -0.2) is 19.1 Å². The molecule has 5 rings (SSSR count). The molecular weight excluding hydrogens is 343 g/mol. The molecule has 2 radical (unpaired) electrons. The lowest BCUT2D eigenvalue weighted by Crippen LogP contribution is -2.32. The van der Waals surface area contributed by atoms with Crippen LogP contribution in [0.5, 0.6) is 5.75 Å². The predicted molar refractivity (Wildman–Crippen MR) is 119 cm³/mol. The molecule has 0 amide bonds. The first-order valence-corrected chi connectivity index (χ1v) is 9.97. The maximum Gasteiger partial charge on any atom is 0.194 e. The van der Waals surface area contributed by atoms with Crippen molar-refractivity contribution < 1.29 is 9.53 Å². The summed E-state index contributed by atoms with van der Waals surface area (Å²) in [6.45, 7) is 9.83. The summed E-state index contributed by atoms with van der Waals surface area (Å²) in [5.74, 6) is 0.829. The van der Waals surface area contributed by atoms with Crippen LogP contribution in [-0.2, 0) is 0 Å². The fourth-order valence-corrected chi connectivity index (χ4v) is 3.75. The van der Waals surface area contributed by atoms with E-state index in [0.29, 0.717) is 0 Å². The Balaban J connectivity index is 0.000000531. The number of carbonyl (C=O) groups excluding carboxylic acids is 1. The quantitative estimate of drug-likeness (QED) is 0.336. The molecule has 1 unspecified atom stereocenters.